The van der Waals surface area contributed by atoms with Gasteiger partial charge in [0.2, 0.25) is 5.91 Å². The van der Waals surface area contributed by atoms with Gasteiger partial charge >= 0.3 is 0 Å². The predicted octanol–water partition coefficient (Wildman–Crippen LogP) is 2.61. The van der Waals surface area contributed by atoms with E-state index < -0.39 is 6.04 Å². The summed E-state index contributed by atoms with van der Waals surface area (Å²) in [6.45, 7) is 0. The molecule has 6 heteroatoms. The SMILES string of the molecule is CN(NC1CC(=O)N(c2cccc(Cl)c2)C1=O)c1ccccc1. The highest BCUT2D eigenvalue weighted by Crippen LogP contribution is 2.25. The van der Waals surface area contributed by atoms with Crippen LogP contribution in [-0.2, 0) is 9.59 Å². The monoisotopic (exact) mass is 329 g/mol. The Kier molecular flexibility index (Phi) is 4.32. The lowest BCUT2D eigenvalue weighted by Gasteiger charge is -2.24. The molecular formula is C17H16ClN3O2. The Balaban J connectivity index is 1.76. The fourth-order valence-corrected chi connectivity index (χ4v) is 2.76. The van der Waals surface area contributed by atoms with Crippen LogP contribution in [0.1, 0.15) is 6.42 Å². The molecule has 2 amide bonds. The molecule has 0 bridgehead atoms. The molecule has 1 saturated heterocycles. The number of imide groups is 1. The first-order valence-corrected chi connectivity index (χ1v) is 7.61. The van der Waals surface area contributed by atoms with Crippen molar-refractivity contribution in [2.75, 3.05) is 17.0 Å². The highest BCUT2D eigenvalue weighted by molar-refractivity contribution is 6.31. The summed E-state index contributed by atoms with van der Waals surface area (Å²) >= 11 is 5.95. The van der Waals surface area contributed by atoms with Gasteiger partial charge in [-0.1, -0.05) is 35.9 Å². The van der Waals surface area contributed by atoms with E-state index in [2.05, 4.69) is 5.43 Å². The van der Waals surface area contributed by atoms with Crippen molar-refractivity contribution in [2.45, 2.75) is 12.5 Å². The third kappa shape index (κ3) is 3.21. The molecule has 1 unspecified atom stereocenters. The number of halogens is 1. The summed E-state index contributed by atoms with van der Waals surface area (Å²) in [7, 11) is 1.81. The van der Waals surface area contributed by atoms with Crippen LogP contribution in [0, 0.1) is 0 Å². The Bertz CT molecular complexity index is 736. The zero-order valence-corrected chi connectivity index (χ0v) is 13.3. The van der Waals surface area contributed by atoms with Crippen molar-refractivity contribution in [3.63, 3.8) is 0 Å². The first kappa shape index (κ1) is 15.5. The summed E-state index contributed by atoms with van der Waals surface area (Å²) in [5.41, 5.74) is 4.49. The number of carbonyl (C=O) groups excluding carboxylic acids is 2. The van der Waals surface area contributed by atoms with Crippen LogP contribution < -0.4 is 15.3 Å². The second-order valence-electron chi connectivity index (χ2n) is 5.33. The molecule has 0 radical (unpaired) electrons. The van der Waals surface area contributed by atoms with Crippen molar-refractivity contribution >= 4 is 34.8 Å². The molecule has 0 spiro atoms. The minimum Gasteiger partial charge on any atom is -0.311 e. The summed E-state index contributed by atoms with van der Waals surface area (Å²) in [5.74, 6) is -0.517. The summed E-state index contributed by atoms with van der Waals surface area (Å²) in [6, 6.07) is 15.7. The molecular weight excluding hydrogens is 314 g/mol. The number of nitrogens with zero attached hydrogens (tertiary/aromatic N) is 2. The van der Waals surface area contributed by atoms with E-state index in [0.29, 0.717) is 10.7 Å². The lowest BCUT2D eigenvalue weighted by atomic mass is 10.2. The number of hydrogen-bond acceptors (Lipinski definition) is 4. The van der Waals surface area contributed by atoms with Crippen LogP contribution in [0.3, 0.4) is 0 Å². The molecule has 5 nitrogen and oxygen atoms in total. The van der Waals surface area contributed by atoms with Crippen molar-refractivity contribution in [1.82, 2.24) is 5.43 Å². The molecule has 0 aliphatic carbocycles. The van der Waals surface area contributed by atoms with Crippen LogP contribution in [0.25, 0.3) is 0 Å². The number of benzene rings is 2. The van der Waals surface area contributed by atoms with E-state index in [-0.39, 0.29) is 18.2 Å². The van der Waals surface area contributed by atoms with E-state index in [1.807, 2.05) is 37.4 Å². The first-order chi connectivity index (χ1) is 11.1. The number of carbonyl (C=O) groups is 2. The van der Waals surface area contributed by atoms with Gasteiger partial charge in [-0.2, -0.15) is 0 Å². The minimum atomic E-state index is -0.591. The van der Waals surface area contributed by atoms with Gasteiger partial charge in [0.15, 0.2) is 0 Å². The molecule has 1 atom stereocenters. The lowest BCUT2D eigenvalue weighted by molar-refractivity contribution is -0.121. The molecule has 1 heterocycles. The predicted molar refractivity (Wildman–Crippen MR) is 90.3 cm³/mol. The van der Waals surface area contributed by atoms with Crippen molar-refractivity contribution in [1.29, 1.82) is 0 Å². The van der Waals surface area contributed by atoms with Crippen LogP contribution in [0.5, 0.6) is 0 Å². The van der Waals surface area contributed by atoms with Crippen LogP contribution in [0.2, 0.25) is 5.02 Å². The largest absolute Gasteiger partial charge is 0.311 e. The number of hydrazine groups is 1. The van der Waals surface area contributed by atoms with Crippen LogP contribution in [-0.4, -0.2) is 24.9 Å². The Labute approximate surface area is 139 Å². The number of hydrogen-bond donors (Lipinski definition) is 1. The van der Waals surface area contributed by atoms with E-state index in [0.717, 1.165) is 5.69 Å². The van der Waals surface area contributed by atoms with Gasteiger partial charge in [-0.05, 0) is 30.3 Å². The molecule has 1 fully saturated rings. The minimum absolute atomic E-state index is 0.114. The highest BCUT2D eigenvalue weighted by atomic mass is 35.5. The molecule has 0 aromatic heterocycles. The second-order valence-corrected chi connectivity index (χ2v) is 5.76. The van der Waals surface area contributed by atoms with Gasteiger partial charge < -0.3 is 5.01 Å². The number of para-hydroxylation sites is 1. The molecule has 0 saturated carbocycles. The fraction of sp³-hybridized carbons (Fsp3) is 0.176. The fourth-order valence-electron chi connectivity index (χ4n) is 2.58. The Morgan fingerprint density at radius 1 is 1.13 bits per heavy atom. The zero-order valence-electron chi connectivity index (χ0n) is 12.6. The average Bonchev–Trinajstić information content (AvgIpc) is 2.82. The third-order valence-corrected chi connectivity index (χ3v) is 3.94. The van der Waals surface area contributed by atoms with E-state index >= 15 is 0 Å². The van der Waals surface area contributed by atoms with Crippen molar-refractivity contribution in [3.05, 3.63) is 59.6 Å². The van der Waals surface area contributed by atoms with Gasteiger partial charge in [0.1, 0.15) is 6.04 Å². The van der Waals surface area contributed by atoms with Crippen molar-refractivity contribution in [3.8, 4) is 0 Å². The second kappa shape index (κ2) is 6.40. The molecule has 3 rings (SSSR count). The molecule has 1 N–H and O–H groups in total. The quantitative estimate of drug-likeness (QED) is 0.692. The van der Waals surface area contributed by atoms with E-state index in [4.69, 9.17) is 11.6 Å². The van der Waals surface area contributed by atoms with Gasteiger partial charge in [0.05, 0.1) is 17.8 Å². The smallest absolute Gasteiger partial charge is 0.253 e. The molecule has 2 aromatic rings. The topological polar surface area (TPSA) is 52.7 Å². The van der Waals surface area contributed by atoms with E-state index in [9.17, 15) is 9.59 Å². The molecule has 23 heavy (non-hydrogen) atoms. The van der Waals surface area contributed by atoms with Crippen molar-refractivity contribution < 1.29 is 9.59 Å². The van der Waals surface area contributed by atoms with E-state index in [1.54, 1.807) is 29.3 Å². The first-order valence-electron chi connectivity index (χ1n) is 7.23. The normalized spacial score (nSPS) is 17.7. The molecule has 118 valence electrons. The Hall–Kier alpha value is -2.37. The van der Waals surface area contributed by atoms with Crippen molar-refractivity contribution in [2.24, 2.45) is 0 Å². The summed E-state index contributed by atoms with van der Waals surface area (Å²) in [6.07, 6.45) is 0.114. The van der Waals surface area contributed by atoms with Gasteiger partial charge in [-0.3, -0.25) is 9.59 Å². The number of nitrogens with one attached hydrogen (secondary N) is 1. The number of amides is 2. The standard InChI is InChI=1S/C17H16ClN3O2/c1-20(13-7-3-2-4-8-13)19-15-11-16(22)21(17(15)23)14-9-5-6-12(18)10-14/h2-10,15,19H,11H2,1H3. The Morgan fingerprint density at radius 3 is 2.57 bits per heavy atom. The third-order valence-electron chi connectivity index (χ3n) is 3.71. The molecule has 1 aliphatic heterocycles. The Morgan fingerprint density at radius 2 is 1.87 bits per heavy atom. The summed E-state index contributed by atoms with van der Waals surface area (Å²) in [5, 5.41) is 2.23. The zero-order chi connectivity index (χ0) is 16.4. The number of anilines is 2. The summed E-state index contributed by atoms with van der Waals surface area (Å²) < 4.78 is 0. The number of rotatable bonds is 4. The van der Waals surface area contributed by atoms with E-state index in [1.165, 1.54) is 4.90 Å². The van der Waals surface area contributed by atoms with Crippen LogP contribution >= 0.6 is 11.6 Å². The van der Waals surface area contributed by atoms with Crippen LogP contribution in [0.15, 0.2) is 54.6 Å². The molecule has 1 aliphatic rings. The van der Waals surface area contributed by atoms with Gasteiger partial charge in [0, 0.05) is 12.1 Å². The van der Waals surface area contributed by atoms with Gasteiger partial charge in [-0.25, -0.2) is 10.3 Å². The van der Waals surface area contributed by atoms with Gasteiger partial charge in [0.25, 0.3) is 5.91 Å². The molecule has 2 aromatic carbocycles. The van der Waals surface area contributed by atoms with Crippen LogP contribution in [0.4, 0.5) is 11.4 Å². The lowest BCUT2D eigenvalue weighted by Crippen LogP contribution is -2.47. The highest BCUT2D eigenvalue weighted by Gasteiger charge is 2.40. The summed E-state index contributed by atoms with van der Waals surface area (Å²) in [4.78, 5) is 26.0. The maximum atomic E-state index is 12.6. The van der Waals surface area contributed by atoms with Gasteiger partial charge in [-0.15, -0.1) is 0 Å². The maximum Gasteiger partial charge on any atom is 0.253 e. The average molecular weight is 330 g/mol. The maximum absolute atomic E-state index is 12.6.